The SMILES string of the molecule is N#Cc1ccc(N2CCC(COc3ccc(-c4ccccc4)nn3)C2)cn1. The van der Waals surface area contributed by atoms with Crippen LogP contribution in [0.5, 0.6) is 5.88 Å². The van der Waals surface area contributed by atoms with Gasteiger partial charge in [-0.05, 0) is 24.6 Å². The number of pyridine rings is 1. The van der Waals surface area contributed by atoms with Crippen LogP contribution in [0.3, 0.4) is 0 Å². The molecule has 0 N–H and O–H groups in total. The second kappa shape index (κ2) is 7.83. The minimum atomic E-state index is 0.427. The molecule has 3 aromatic rings. The van der Waals surface area contributed by atoms with Gasteiger partial charge in [0.15, 0.2) is 0 Å². The van der Waals surface area contributed by atoms with Crippen molar-refractivity contribution in [1.29, 1.82) is 5.26 Å². The van der Waals surface area contributed by atoms with E-state index in [-0.39, 0.29) is 0 Å². The Morgan fingerprint density at radius 3 is 2.67 bits per heavy atom. The molecular formula is C21H19N5O. The van der Waals surface area contributed by atoms with Crippen molar-refractivity contribution in [3.8, 4) is 23.2 Å². The highest BCUT2D eigenvalue weighted by atomic mass is 16.5. The summed E-state index contributed by atoms with van der Waals surface area (Å²) in [6.07, 6.45) is 2.81. The van der Waals surface area contributed by atoms with Crippen LogP contribution in [0.1, 0.15) is 12.1 Å². The first-order valence-corrected chi connectivity index (χ1v) is 8.95. The van der Waals surface area contributed by atoms with Gasteiger partial charge in [-0.1, -0.05) is 30.3 Å². The Morgan fingerprint density at radius 2 is 1.96 bits per heavy atom. The Kier molecular flexibility index (Phi) is 4.93. The van der Waals surface area contributed by atoms with E-state index in [0.717, 1.165) is 36.5 Å². The molecule has 0 spiro atoms. The van der Waals surface area contributed by atoms with Crippen molar-refractivity contribution < 1.29 is 4.74 Å². The maximum absolute atomic E-state index is 8.84. The van der Waals surface area contributed by atoms with Crippen LogP contribution in [0, 0.1) is 17.2 Å². The lowest BCUT2D eigenvalue weighted by molar-refractivity contribution is 0.249. The zero-order valence-corrected chi connectivity index (χ0v) is 14.8. The summed E-state index contributed by atoms with van der Waals surface area (Å²) in [4.78, 5) is 6.41. The number of hydrogen-bond acceptors (Lipinski definition) is 6. The van der Waals surface area contributed by atoms with Crippen LogP contribution in [-0.4, -0.2) is 34.9 Å². The molecule has 1 aromatic carbocycles. The van der Waals surface area contributed by atoms with Crippen LogP contribution < -0.4 is 9.64 Å². The van der Waals surface area contributed by atoms with Crippen LogP contribution >= 0.6 is 0 Å². The molecule has 1 atom stereocenters. The van der Waals surface area contributed by atoms with Gasteiger partial charge in [-0.3, -0.25) is 0 Å². The highest BCUT2D eigenvalue weighted by Crippen LogP contribution is 2.24. The summed E-state index contributed by atoms with van der Waals surface area (Å²) in [5.41, 5.74) is 3.36. The fourth-order valence-corrected chi connectivity index (χ4v) is 3.21. The van der Waals surface area contributed by atoms with E-state index in [1.807, 2.05) is 54.6 Å². The molecular weight excluding hydrogens is 338 g/mol. The second-order valence-electron chi connectivity index (χ2n) is 6.55. The molecule has 0 amide bonds. The number of rotatable bonds is 5. The number of benzene rings is 1. The molecule has 1 aliphatic heterocycles. The molecule has 6 heteroatoms. The lowest BCUT2D eigenvalue weighted by Gasteiger charge is -2.18. The molecule has 4 rings (SSSR count). The predicted octanol–water partition coefficient (Wildman–Crippen LogP) is 3.32. The minimum absolute atomic E-state index is 0.427. The monoisotopic (exact) mass is 357 g/mol. The third-order valence-corrected chi connectivity index (χ3v) is 4.69. The minimum Gasteiger partial charge on any atom is -0.476 e. The van der Waals surface area contributed by atoms with Gasteiger partial charge in [-0.2, -0.15) is 5.26 Å². The standard InChI is InChI=1S/C21H19N5O/c22-12-18-6-7-19(13-23-18)26-11-10-16(14-26)15-27-21-9-8-20(24-25-21)17-4-2-1-3-5-17/h1-9,13,16H,10-11,14-15H2. The molecule has 1 unspecified atom stereocenters. The third-order valence-electron chi connectivity index (χ3n) is 4.69. The molecule has 3 heterocycles. The van der Waals surface area contributed by atoms with Crippen LogP contribution in [0.25, 0.3) is 11.3 Å². The number of aromatic nitrogens is 3. The van der Waals surface area contributed by atoms with Gasteiger partial charge < -0.3 is 9.64 Å². The number of anilines is 1. The number of hydrogen-bond donors (Lipinski definition) is 0. The molecule has 0 bridgehead atoms. The maximum atomic E-state index is 8.84. The van der Waals surface area contributed by atoms with Crippen molar-refractivity contribution in [2.45, 2.75) is 6.42 Å². The van der Waals surface area contributed by atoms with Gasteiger partial charge in [0, 0.05) is 30.6 Å². The molecule has 2 aromatic heterocycles. The zero-order valence-electron chi connectivity index (χ0n) is 14.8. The number of nitriles is 1. The van der Waals surface area contributed by atoms with Crippen molar-refractivity contribution in [2.75, 3.05) is 24.6 Å². The summed E-state index contributed by atoms with van der Waals surface area (Å²) >= 11 is 0. The first-order chi connectivity index (χ1) is 13.3. The summed E-state index contributed by atoms with van der Waals surface area (Å²) in [6.45, 7) is 2.48. The first kappa shape index (κ1) is 17.0. The first-order valence-electron chi connectivity index (χ1n) is 8.95. The Labute approximate surface area is 158 Å². The number of nitrogens with zero attached hydrogens (tertiary/aromatic N) is 5. The summed E-state index contributed by atoms with van der Waals surface area (Å²) in [7, 11) is 0. The summed E-state index contributed by atoms with van der Waals surface area (Å²) < 4.78 is 5.84. The van der Waals surface area contributed by atoms with Crippen LogP contribution in [0.2, 0.25) is 0 Å². The van der Waals surface area contributed by atoms with Gasteiger partial charge in [0.05, 0.1) is 24.2 Å². The Balaban J connectivity index is 1.31. The van der Waals surface area contributed by atoms with Gasteiger partial charge in [-0.15, -0.1) is 10.2 Å². The lowest BCUT2D eigenvalue weighted by Crippen LogP contribution is -2.22. The number of ether oxygens (including phenoxy) is 1. The second-order valence-corrected chi connectivity index (χ2v) is 6.55. The van der Waals surface area contributed by atoms with E-state index in [9.17, 15) is 0 Å². The molecule has 0 saturated carbocycles. The zero-order chi connectivity index (χ0) is 18.5. The van der Waals surface area contributed by atoms with E-state index in [4.69, 9.17) is 10.00 Å². The fraction of sp³-hybridized carbons (Fsp3) is 0.238. The van der Waals surface area contributed by atoms with Crippen LogP contribution in [-0.2, 0) is 0 Å². The van der Waals surface area contributed by atoms with E-state index < -0.39 is 0 Å². The molecule has 1 aliphatic rings. The van der Waals surface area contributed by atoms with Gasteiger partial charge in [-0.25, -0.2) is 4.98 Å². The Bertz CT molecular complexity index is 920. The van der Waals surface area contributed by atoms with Gasteiger partial charge in [0.2, 0.25) is 5.88 Å². The molecule has 0 aliphatic carbocycles. The topological polar surface area (TPSA) is 74.9 Å². The van der Waals surface area contributed by atoms with Gasteiger partial charge in [0.25, 0.3) is 0 Å². The van der Waals surface area contributed by atoms with E-state index >= 15 is 0 Å². The fourth-order valence-electron chi connectivity index (χ4n) is 3.21. The molecule has 27 heavy (non-hydrogen) atoms. The van der Waals surface area contributed by atoms with E-state index in [1.54, 1.807) is 12.3 Å². The normalized spacial score (nSPS) is 16.1. The van der Waals surface area contributed by atoms with Crippen molar-refractivity contribution >= 4 is 5.69 Å². The van der Waals surface area contributed by atoms with E-state index in [0.29, 0.717) is 24.1 Å². The quantitative estimate of drug-likeness (QED) is 0.697. The van der Waals surface area contributed by atoms with Gasteiger partial charge >= 0.3 is 0 Å². The summed E-state index contributed by atoms with van der Waals surface area (Å²) in [5.74, 6) is 0.976. The molecule has 1 saturated heterocycles. The predicted molar refractivity (Wildman–Crippen MR) is 102 cm³/mol. The van der Waals surface area contributed by atoms with Crippen molar-refractivity contribution in [2.24, 2.45) is 5.92 Å². The van der Waals surface area contributed by atoms with E-state index in [2.05, 4.69) is 20.1 Å². The average Bonchev–Trinajstić information content (AvgIpc) is 3.22. The molecule has 0 radical (unpaired) electrons. The largest absolute Gasteiger partial charge is 0.476 e. The average molecular weight is 357 g/mol. The Hall–Kier alpha value is -3.46. The maximum Gasteiger partial charge on any atom is 0.233 e. The van der Waals surface area contributed by atoms with Crippen molar-refractivity contribution in [1.82, 2.24) is 15.2 Å². The third kappa shape index (κ3) is 4.04. The highest BCUT2D eigenvalue weighted by Gasteiger charge is 2.23. The smallest absolute Gasteiger partial charge is 0.233 e. The summed E-state index contributed by atoms with van der Waals surface area (Å²) in [5, 5.41) is 17.3. The molecule has 6 nitrogen and oxygen atoms in total. The molecule has 134 valence electrons. The Morgan fingerprint density at radius 1 is 1.07 bits per heavy atom. The van der Waals surface area contributed by atoms with Crippen molar-refractivity contribution in [3.05, 3.63) is 66.5 Å². The van der Waals surface area contributed by atoms with Crippen molar-refractivity contribution in [3.63, 3.8) is 0 Å². The van der Waals surface area contributed by atoms with Gasteiger partial charge in [0.1, 0.15) is 11.8 Å². The molecule has 1 fully saturated rings. The van der Waals surface area contributed by atoms with Crippen LogP contribution in [0.15, 0.2) is 60.8 Å². The van der Waals surface area contributed by atoms with Crippen LogP contribution in [0.4, 0.5) is 5.69 Å². The summed E-state index contributed by atoms with van der Waals surface area (Å²) in [6, 6.07) is 19.5. The highest BCUT2D eigenvalue weighted by molar-refractivity contribution is 5.58. The lowest BCUT2D eigenvalue weighted by atomic mass is 10.1. The van der Waals surface area contributed by atoms with E-state index in [1.165, 1.54) is 0 Å².